The van der Waals surface area contributed by atoms with Gasteiger partial charge < -0.3 is 71.9 Å². The summed E-state index contributed by atoms with van der Waals surface area (Å²) in [6, 6.07) is -1.78. The van der Waals surface area contributed by atoms with Gasteiger partial charge in [0.25, 0.3) is 0 Å². The van der Waals surface area contributed by atoms with Gasteiger partial charge in [0.05, 0.1) is 6.61 Å². The Morgan fingerprint density at radius 3 is 1.88 bits per heavy atom. The van der Waals surface area contributed by atoms with Gasteiger partial charge in [-0.1, -0.05) is 0 Å². The van der Waals surface area contributed by atoms with Gasteiger partial charge in [-0.3, -0.25) is 4.79 Å². The summed E-state index contributed by atoms with van der Waals surface area (Å²) in [7, 11) is 0. The van der Waals surface area contributed by atoms with Gasteiger partial charge in [-0.25, -0.2) is 0 Å². The van der Waals surface area contributed by atoms with E-state index in [-0.39, 0.29) is 13.0 Å². The molecule has 192 valence electrons. The van der Waals surface area contributed by atoms with E-state index in [4.69, 9.17) is 36.1 Å². The van der Waals surface area contributed by atoms with Gasteiger partial charge in [0.15, 0.2) is 24.5 Å². The molecule has 0 bridgehead atoms. The highest BCUT2D eigenvalue weighted by molar-refractivity contribution is 5.88. The molecule has 2 saturated heterocycles. The molecule has 0 aromatic rings. The molecule has 0 radical (unpaired) electrons. The van der Waals surface area contributed by atoms with E-state index in [1.165, 1.54) is 0 Å². The zero-order valence-corrected chi connectivity index (χ0v) is 17.6. The largest absolute Gasteiger partial charge is 0.394 e. The molecule has 1 aliphatic carbocycles. The molecule has 2 aliphatic heterocycles. The van der Waals surface area contributed by atoms with Crippen molar-refractivity contribution in [3.8, 4) is 0 Å². The van der Waals surface area contributed by atoms with E-state index in [0.717, 1.165) is 0 Å². The lowest BCUT2D eigenvalue weighted by Crippen LogP contribution is -2.67. The van der Waals surface area contributed by atoms with Gasteiger partial charge in [0.2, 0.25) is 0 Å². The lowest BCUT2D eigenvalue weighted by molar-refractivity contribution is -0.327. The van der Waals surface area contributed by atoms with E-state index in [0.29, 0.717) is 0 Å². The van der Waals surface area contributed by atoms with Crippen molar-refractivity contribution in [1.82, 2.24) is 0 Å². The van der Waals surface area contributed by atoms with Crippen LogP contribution in [0.1, 0.15) is 6.42 Å². The minimum Gasteiger partial charge on any atom is -0.394 e. The summed E-state index contributed by atoms with van der Waals surface area (Å²) in [5.74, 6) is -1.03. The number of nitrogens with two attached hydrogens (primary N) is 3. The predicted molar refractivity (Wildman–Crippen MR) is 105 cm³/mol. The van der Waals surface area contributed by atoms with Crippen molar-refractivity contribution >= 4 is 5.78 Å². The predicted octanol–water partition coefficient (Wildman–Crippen LogP) is -7.05. The number of ketones is 1. The van der Waals surface area contributed by atoms with Crippen LogP contribution in [-0.2, 0) is 23.7 Å². The molecule has 0 aromatic heterocycles. The fourth-order valence-electron chi connectivity index (χ4n) is 4.24. The Morgan fingerprint density at radius 2 is 1.33 bits per heavy atom. The number of rotatable bonds is 6. The number of hydrogen-bond acceptors (Lipinski definition) is 15. The standard InChI is InChI=1S/C18H33N3O12/c19-2-6-8(23)10(25)12(27)17(30-6)32-15-4(20)1-5(21)16(14(15)29)33-18-13(28)11(26)9(24)7(3-22)31-18/h4-10,12-18,22-25,27-29H,1-3,19-21H2/t4-,5+,6+,7+,8+,9+,10-,12+,13+,14-,15+,16-,17+,18+/m0/s1. The van der Waals surface area contributed by atoms with Crippen LogP contribution < -0.4 is 17.2 Å². The molecule has 2 heterocycles. The fraction of sp³-hybridized carbons (Fsp3) is 0.944. The molecule has 14 atom stereocenters. The minimum absolute atomic E-state index is 0.0313. The molecule has 15 heteroatoms. The molecular weight excluding hydrogens is 450 g/mol. The maximum atomic E-state index is 12.0. The van der Waals surface area contributed by atoms with E-state index in [2.05, 4.69) is 0 Å². The highest BCUT2D eigenvalue weighted by Gasteiger charge is 2.51. The molecule has 1 saturated carbocycles. The Bertz CT molecular complexity index is 674. The van der Waals surface area contributed by atoms with Crippen LogP contribution in [0.25, 0.3) is 0 Å². The Morgan fingerprint density at radius 1 is 0.788 bits per heavy atom. The number of ether oxygens (including phenoxy) is 4. The van der Waals surface area contributed by atoms with Crippen LogP contribution in [0.4, 0.5) is 0 Å². The molecule has 3 aliphatic rings. The van der Waals surface area contributed by atoms with Crippen molar-refractivity contribution in [1.29, 1.82) is 0 Å². The normalized spacial score (nSPS) is 51.5. The van der Waals surface area contributed by atoms with E-state index in [1.54, 1.807) is 0 Å². The first-order chi connectivity index (χ1) is 15.5. The Hall–Kier alpha value is -0.890. The summed E-state index contributed by atoms with van der Waals surface area (Å²) in [6.07, 6.45) is -18.1. The number of aliphatic hydroxyl groups is 7. The Balaban J connectivity index is 1.73. The zero-order chi connectivity index (χ0) is 24.6. The first kappa shape index (κ1) is 26.7. The van der Waals surface area contributed by atoms with Crippen molar-refractivity contribution < 1.29 is 59.5 Å². The molecular formula is C18H33N3O12. The van der Waals surface area contributed by atoms with Crippen molar-refractivity contribution in [2.24, 2.45) is 17.2 Å². The maximum Gasteiger partial charge on any atom is 0.197 e. The van der Waals surface area contributed by atoms with E-state index in [1.807, 2.05) is 0 Å². The van der Waals surface area contributed by atoms with Crippen LogP contribution in [0.2, 0.25) is 0 Å². The average molecular weight is 483 g/mol. The first-order valence-electron chi connectivity index (χ1n) is 10.6. The van der Waals surface area contributed by atoms with Gasteiger partial charge in [0, 0.05) is 18.6 Å². The maximum absolute atomic E-state index is 12.0. The van der Waals surface area contributed by atoms with Crippen LogP contribution in [0.15, 0.2) is 0 Å². The minimum atomic E-state index is -1.91. The second-order valence-corrected chi connectivity index (χ2v) is 8.52. The second-order valence-electron chi connectivity index (χ2n) is 8.52. The molecule has 13 N–H and O–H groups in total. The summed E-state index contributed by atoms with van der Waals surface area (Å²) < 4.78 is 21.8. The summed E-state index contributed by atoms with van der Waals surface area (Å²) in [6.45, 7) is -0.924. The third kappa shape index (κ3) is 5.21. The summed E-state index contributed by atoms with van der Waals surface area (Å²) >= 11 is 0. The van der Waals surface area contributed by atoms with Gasteiger partial charge >= 0.3 is 0 Å². The van der Waals surface area contributed by atoms with Crippen LogP contribution in [0, 0.1) is 0 Å². The first-order valence-corrected chi connectivity index (χ1v) is 10.6. The van der Waals surface area contributed by atoms with Crippen molar-refractivity contribution in [3.05, 3.63) is 0 Å². The van der Waals surface area contributed by atoms with Crippen LogP contribution in [0.5, 0.6) is 0 Å². The van der Waals surface area contributed by atoms with E-state index in [9.17, 15) is 40.5 Å². The SMILES string of the molecule is NC[C@H]1O[C@H](O[C@H]2[C@H](O)[C@@H](O[C@H]3O[C@H](CO)[C@@H](O)C(=O)[C@H]3O)[C@H](N)C[C@@H]2N)[C@H](O)[C@@H](O)[C@@H]1O. The third-order valence-electron chi connectivity index (χ3n) is 6.23. The summed E-state index contributed by atoms with van der Waals surface area (Å²) in [5, 5.41) is 70.2. The summed E-state index contributed by atoms with van der Waals surface area (Å²) in [4.78, 5) is 12.0. The number of carbonyl (C=O) groups excluding carboxylic acids is 1. The molecule has 33 heavy (non-hydrogen) atoms. The monoisotopic (exact) mass is 483 g/mol. The number of aliphatic hydroxyl groups excluding tert-OH is 7. The topological polar surface area (TPSA) is 274 Å². The average Bonchev–Trinajstić information content (AvgIpc) is 2.79. The van der Waals surface area contributed by atoms with Crippen molar-refractivity contribution in [2.75, 3.05) is 13.2 Å². The highest BCUT2D eigenvalue weighted by Crippen LogP contribution is 2.30. The Kier molecular flexibility index (Phi) is 8.74. The fourth-order valence-corrected chi connectivity index (χ4v) is 4.24. The smallest absolute Gasteiger partial charge is 0.197 e. The highest BCUT2D eigenvalue weighted by atomic mass is 16.7. The second kappa shape index (κ2) is 10.8. The molecule has 3 rings (SSSR count). The van der Waals surface area contributed by atoms with Gasteiger partial charge in [-0.2, -0.15) is 0 Å². The number of hydrogen-bond donors (Lipinski definition) is 10. The van der Waals surface area contributed by atoms with Gasteiger partial charge in [-0.15, -0.1) is 0 Å². The molecule has 0 amide bonds. The van der Waals surface area contributed by atoms with Gasteiger partial charge in [0.1, 0.15) is 54.9 Å². The Labute approximate surface area is 188 Å². The molecule has 0 spiro atoms. The van der Waals surface area contributed by atoms with Crippen molar-refractivity contribution in [2.45, 2.75) is 92.1 Å². The lowest BCUT2D eigenvalue weighted by atomic mass is 9.84. The van der Waals surface area contributed by atoms with E-state index < -0.39 is 98.1 Å². The van der Waals surface area contributed by atoms with Crippen molar-refractivity contribution in [3.63, 3.8) is 0 Å². The van der Waals surface area contributed by atoms with Gasteiger partial charge in [-0.05, 0) is 6.42 Å². The molecule has 3 fully saturated rings. The quantitative estimate of drug-likeness (QED) is 0.168. The van der Waals surface area contributed by atoms with E-state index >= 15 is 0 Å². The van der Waals surface area contributed by atoms with Crippen LogP contribution in [0.3, 0.4) is 0 Å². The number of Topliss-reactive ketones (excluding diaryl/α,β-unsaturated/α-hetero) is 1. The molecule has 0 unspecified atom stereocenters. The number of carbonyl (C=O) groups is 1. The van der Waals surface area contributed by atoms with Crippen LogP contribution in [-0.4, -0.2) is 140 Å². The van der Waals surface area contributed by atoms with Crippen LogP contribution >= 0.6 is 0 Å². The lowest BCUT2D eigenvalue weighted by Gasteiger charge is -2.47. The summed E-state index contributed by atoms with van der Waals surface area (Å²) in [5.41, 5.74) is 17.6. The molecule has 0 aromatic carbocycles. The molecule has 15 nitrogen and oxygen atoms in total. The third-order valence-corrected chi connectivity index (χ3v) is 6.23. The zero-order valence-electron chi connectivity index (χ0n) is 17.6.